The van der Waals surface area contributed by atoms with E-state index in [4.69, 9.17) is 0 Å². The Balaban J connectivity index is 1.97. The second-order valence-corrected chi connectivity index (χ2v) is 5.42. The second-order valence-electron chi connectivity index (χ2n) is 5.42. The van der Waals surface area contributed by atoms with E-state index < -0.39 is 11.6 Å². The number of hydrogen-bond acceptors (Lipinski definition) is 1. The third-order valence-electron chi connectivity index (χ3n) is 3.93. The molecule has 2 unspecified atom stereocenters. The Hall–Kier alpha value is -1.74. The third-order valence-corrected chi connectivity index (χ3v) is 3.93. The Labute approximate surface area is 117 Å². The molecule has 1 fully saturated rings. The summed E-state index contributed by atoms with van der Waals surface area (Å²) in [5, 5.41) is 3.51. The lowest BCUT2D eigenvalue weighted by Crippen LogP contribution is -2.20. The van der Waals surface area contributed by atoms with Crippen molar-refractivity contribution in [2.24, 2.45) is 0 Å². The maximum Gasteiger partial charge on any atom is 0.166 e. The van der Waals surface area contributed by atoms with Gasteiger partial charge in [-0.05, 0) is 43.0 Å². The highest BCUT2D eigenvalue weighted by molar-refractivity contribution is 5.65. The first kappa shape index (κ1) is 13.3. The fourth-order valence-corrected chi connectivity index (χ4v) is 2.84. The Morgan fingerprint density at radius 1 is 1.05 bits per heavy atom. The molecule has 0 saturated carbocycles. The molecule has 1 heterocycles. The molecule has 2 aromatic carbocycles. The van der Waals surface area contributed by atoms with Crippen molar-refractivity contribution in [3.8, 4) is 11.1 Å². The van der Waals surface area contributed by atoms with Crippen LogP contribution in [-0.4, -0.2) is 6.04 Å². The van der Waals surface area contributed by atoms with Gasteiger partial charge in [0.25, 0.3) is 0 Å². The van der Waals surface area contributed by atoms with Crippen LogP contribution >= 0.6 is 0 Å². The molecule has 1 nitrogen and oxygen atoms in total. The van der Waals surface area contributed by atoms with Crippen LogP contribution in [0.25, 0.3) is 11.1 Å². The molecule has 1 aliphatic heterocycles. The highest BCUT2D eigenvalue weighted by atomic mass is 19.2. The van der Waals surface area contributed by atoms with Gasteiger partial charge in [-0.3, -0.25) is 0 Å². The summed E-state index contributed by atoms with van der Waals surface area (Å²) in [6.07, 6.45) is 2.22. The first-order valence-corrected chi connectivity index (χ1v) is 6.95. The van der Waals surface area contributed by atoms with Gasteiger partial charge in [0.1, 0.15) is 0 Å². The summed E-state index contributed by atoms with van der Waals surface area (Å²) in [7, 11) is 0. The zero-order valence-corrected chi connectivity index (χ0v) is 11.4. The van der Waals surface area contributed by atoms with Crippen LogP contribution in [-0.2, 0) is 0 Å². The van der Waals surface area contributed by atoms with Gasteiger partial charge in [-0.2, -0.15) is 0 Å². The summed E-state index contributed by atoms with van der Waals surface area (Å²) < 4.78 is 27.2. The fraction of sp³-hybridized carbons (Fsp3) is 0.294. The topological polar surface area (TPSA) is 12.0 Å². The molecule has 3 heteroatoms. The molecule has 1 N–H and O–H groups in total. The third kappa shape index (κ3) is 2.46. The fourth-order valence-electron chi connectivity index (χ4n) is 2.84. The Bertz CT molecular complexity index is 624. The molecule has 1 aliphatic rings. The monoisotopic (exact) mass is 273 g/mol. The van der Waals surface area contributed by atoms with Gasteiger partial charge in [-0.15, -0.1) is 0 Å². The number of halogens is 2. The average molecular weight is 273 g/mol. The van der Waals surface area contributed by atoms with E-state index in [1.165, 1.54) is 6.07 Å². The Morgan fingerprint density at radius 3 is 2.60 bits per heavy atom. The molecule has 0 aliphatic carbocycles. The number of rotatable bonds is 2. The van der Waals surface area contributed by atoms with Crippen molar-refractivity contribution in [3.05, 3.63) is 59.7 Å². The van der Waals surface area contributed by atoms with Crippen LogP contribution in [0.5, 0.6) is 0 Å². The van der Waals surface area contributed by atoms with E-state index in [0.717, 1.165) is 30.0 Å². The van der Waals surface area contributed by atoms with Crippen molar-refractivity contribution in [3.63, 3.8) is 0 Å². The van der Waals surface area contributed by atoms with E-state index in [1.807, 2.05) is 24.3 Å². The predicted molar refractivity (Wildman–Crippen MR) is 76.4 cm³/mol. The van der Waals surface area contributed by atoms with Crippen LogP contribution in [0.2, 0.25) is 0 Å². The summed E-state index contributed by atoms with van der Waals surface area (Å²) in [6, 6.07) is 12.8. The van der Waals surface area contributed by atoms with Crippen LogP contribution in [0.3, 0.4) is 0 Å². The lowest BCUT2D eigenvalue weighted by atomic mass is 9.98. The van der Waals surface area contributed by atoms with Gasteiger partial charge in [-0.25, -0.2) is 8.78 Å². The highest BCUT2D eigenvalue weighted by Crippen LogP contribution is 2.30. The predicted octanol–water partition coefficient (Wildman–Crippen LogP) is 4.44. The van der Waals surface area contributed by atoms with Crippen molar-refractivity contribution in [2.75, 3.05) is 0 Å². The molecule has 0 spiro atoms. The normalized spacial score (nSPS) is 22.1. The van der Waals surface area contributed by atoms with Gasteiger partial charge >= 0.3 is 0 Å². The van der Waals surface area contributed by atoms with E-state index in [9.17, 15) is 8.78 Å². The smallest absolute Gasteiger partial charge is 0.166 e. The molecule has 0 aromatic heterocycles. The van der Waals surface area contributed by atoms with Crippen molar-refractivity contribution in [1.82, 2.24) is 5.32 Å². The number of benzene rings is 2. The van der Waals surface area contributed by atoms with E-state index in [0.29, 0.717) is 17.6 Å². The minimum Gasteiger partial charge on any atom is -0.307 e. The summed E-state index contributed by atoms with van der Waals surface area (Å²) in [4.78, 5) is 0. The van der Waals surface area contributed by atoms with E-state index in [1.54, 1.807) is 6.07 Å². The van der Waals surface area contributed by atoms with Crippen molar-refractivity contribution >= 4 is 0 Å². The van der Waals surface area contributed by atoms with Gasteiger partial charge in [-0.1, -0.05) is 30.3 Å². The first-order chi connectivity index (χ1) is 9.65. The molecule has 0 bridgehead atoms. The summed E-state index contributed by atoms with van der Waals surface area (Å²) in [6.45, 7) is 2.16. The van der Waals surface area contributed by atoms with Crippen LogP contribution < -0.4 is 5.32 Å². The summed E-state index contributed by atoms with van der Waals surface area (Å²) >= 11 is 0. The van der Waals surface area contributed by atoms with Gasteiger partial charge in [0.2, 0.25) is 0 Å². The van der Waals surface area contributed by atoms with Gasteiger partial charge in [0.05, 0.1) is 0 Å². The lowest BCUT2D eigenvalue weighted by molar-refractivity contribution is 0.511. The zero-order chi connectivity index (χ0) is 14.1. The van der Waals surface area contributed by atoms with Gasteiger partial charge in [0, 0.05) is 17.6 Å². The van der Waals surface area contributed by atoms with Crippen LogP contribution in [0.15, 0.2) is 42.5 Å². The van der Waals surface area contributed by atoms with Crippen molar-refractivity contribution in [1.29, 1.82) is 0 Å². The Kier molecular flexibility index (Phi) is 3.53. The largest absolute Gasteiger partial charge is 0.307 e. The van der Waals surface area contributed by atoms with E-state index in [2.05, 4.69) is 12.2 Å². The summed E-state index contributed by atoms with van der Waals surface area (Å²) in [5.41, 5.74) is 2.18. The Morgan fingerprint density at radius 2 is 1.85 bits per heavy atom. The van der Waals surface area contributed by atoms with Crippen LogP contribution in [0.1, 0.15) is 31.4 Å². The molecule has 20 heavy (non-hydrogen) atoms. The van der Waals surface area contributed by atoms with Gasteiger partial charge < -0.3 is 5.32 Å². The average Bonchev–Trinajstić information content (AvgIpc) is 2.89. The van der Waals surface area contributed by atoms with Crippen molar-refractivity contribution in [2.45, 2.75) is 31.8 Å². The van der Waals surface area contributed by atoms with E-state index in [-0.39, 0.29) is 0 Å². The molecule has 1 saturated heterocycles. The molecule has 3 rings (SSSR count). The van der Waals surface area contributed by atoms with Crippen molar-refractivity contribution < 1.29 is 8.78 Å². The molecule has 0 radical (unpaired) electrons. The minimum absolute atomic E-state index is 0.307. The maximum absolute atomic E-state index is 13.9. The highest BCUT2D eigenvalue weighted by Gasteiger charge is 2.22. The van der Waals surface area contributed by atoms with Gasteiger partial charge in [0.15, 0.2) is 11.6 Å². The van der Waals surface area contributed by atoms with Crippen LogP contribution in [0, 0.1) is 11.6 Å². The lowest BCUT2D eigenvalue weighted by Gasteiger charge is -2.14. The SMILES string of the molecule is CC1CCC(c2cccc(-c3cccc(F)c3F)c2)N1. The second kappa shape index (κ2) is 5.33. The number of hydrogen-bond donors (Lipinski definition) is 1. The first-order valence-electron chi connectivity index (χ1n) is 6.95. The quantitative estimate of drug-likeness (QED) is 0.852. The minimum atomic E-state index is -0.805. The molecular formula is C17H17F2N. The molecule has 2 atom stereocenters. The number of nitrogens with one attached hydrogen (secondary N) is 1. The molecular weight excluding hydrogens is 256 g/mol. The standard InChI is InChI=1S/C17H17F2N/c1-11-8-9-16(20-11)13-5-2-4-12(10-13)14-6-3-7-15(18)17(14)19/h2-7,10-11,16,20H,8-9H2,1H3. The van der Waals surface area contributed by atoms with Crippen LogP contribution in [0.4, 0.5) is 8.78 Å². The zero-order valence-electron chi connectivity index (χ0n) is 11.4. The molecule has 0 amide bonds. The van der Waals surface area contributed by atoms with E-state index >= 15 is 0 Å². The maximum atomic E-state index is 13.9. The summed E-state index contributed by atoms with van der Waals surface area (Å²) in [5.74, 6) is -1.59. The molecule has 2 aromatic rings. The molecule has 104 valence electrons.